The lowest BCUT2D eigenvalue weighted by Gasteiger charge is -2.05. The van der Waals surface area contributed by atoms with Crippen LogP contribution in [0.4, 0.5) is 0 Å². The molecule has 2 heterocycles. The highest BCUT2D eigenvalue weighted by Gasteiger charge is 2.12. The Morgan fingerprint density at radius 3 is 3.10 bits per heavy atom. The standard InChI is InChI=1S/C16H15NO3S/c18-16(19)14-10-13(3-6-17-14)21-8-5-11-1-2-15-12(9-11)4-7-20-15/h1-3,6,9-10H,4-5,7-8H2,(H,18,19). The van der Waals surface area contributed by atoms with Gasteiger partial charge in [0.2, 0.25) is 0 Å². The summed E-state index contributed by atoms with van der Waals surface area (Å²) < 4.78 is 5.50. The Kier molecular flexibility index (Phi) is 4.10. The summed E-state index contributed by atoms with van der Waals surface area (Å²) >= 11 is 1.65. The van der Waals surface area contributed by atoms with Crippen LogP contribution in [0.5, 0.6) is 5.75 Å². The molecule has 0 saturated heterocycles. The van der Waals surface area contributed by atoms with Gasteiger partial charge in [-0.3, -0.25) is 0 Å². The number of fused-ring (bicyclic) bond motifs is 1. The van der Waals surface area contributed by atoms with Crippen molar-refractivity contribution >= 4 is 17.7 Å². The maximum absolute atomic E-state index is 10.9. The third-order valence-corrected chi connectivity index (χ3v) is 4.36. The van der Waals surface area contributed by atoms with E-state index in [2.05, 4.69) is 17.1 Å². The molecule has 0 atom stereocenters. The van der Waals surface area contributed by atoms with Gasteiger partial charge in [-0.05, 0) is 35.7 Å². The lowest BCUT2D eigenvalue weighted by molar-refractivity contribution is 0.0690. The first-order chi connectivity index (χ1) is 10.2. The fraction of sp³-hybridized carbons (Fsp3) is 0.250. The van der Waals surface area contributed by atoms with Crippen molar-refractivity contribution in [3.63, 3.8) is 0 Å². The molecule has 0 amide bonds. The minimum absolute atomic E-state index is 0.0923. The zero-order valence-corrected chi connectivity index (χ0v) is 12.2. The predicted molar refractivity (Wildman–Crippen MR) is 81.3 cm³/mol. The van der Waals surface area contributed by atoms with Crippen LogP contribution in [0.25, 0.3) is 0 Å². The Hall–Kier alpha value is -2.01. The average Bonchev–Trinajstić information content (AvgIpc) is 2.95. The van der Waals surface area contributed by atoms with Gasteiger partial charge in [-0.1, -0.05) is 12.1 Å². The Morgan fingerprint density at radius 2 is 2.24 bits per heavy atom. The number of hydrogen-bond acceptors (Lipinski definition) is 4. The SMILES string of the molecule is O=C(O)c1cc(SCCc2ccc3c(c2)CCO3)ccn1. The number of pyridine rings is 1. The van der Waals surface area contributed by atoms with Crippen molar-refractivity contribution in [2.45, 2.75) is 17.7 Å². The third kappa shape index (κ3) is 3.36. The maximum Gasteiger partial charge on any atom is 0.354 e. The van der Waals surface area contributed by atoms with Gasteiger partial charge in [-0.15, -0.1) is 11.8 Å². The molecule has 5 heteroatoms. The first kappa shape index (κ1) is 13.9. The van der Waals surface area contributed by atoms with Crippen molar-refractivity contribution in [1.82, 2.24) is 4.98 Å². The van der Waals surface area contributed by atoms with Crippen LogP contribution in [0.15, 0.2) is 41.4 Å². The van der Waals surface area contributed by atoms with E-state index in [1.165, 1.54) is 11.1 Å². The van der Waals surface area contributed by atoms with E-state index in [1.807, 2.05) is 12.1 Å². The van der Waals surface area contributed by atoms with Gasteiger partial charge >= 0.3 is 5.97 Å². The second kappa shape index (κ2) is 6.18. The molecule has 0 spiro atoms. The van der Waals surface area contributed by atoms with Gasteiger partial charge < -0.3 is 9.84 Å². The summed E-state index contributed by atoms with van der Waals surface area (Å²) in [6.07, 6.45) is 3.48. The van der Waals surface area contributed by atoms with Crippen molar-refractivity contribution in [2.24, 2.45) is 0 Å². The highest BCUT2D eigenvalue weighted by atomic mass is 32.2. The number of hydrogen-bond donors (Lipinski definition) is 1. The predicted octanol–water partition coefficient (Wildman–Crippen LogP) is 3.05. The second-order valence-corrected chi connectivity index (χ2v) is 5.99. The van der Waals surface area contributed by atoms with E-state index in [4.69, 9.17) is 9.84 Å². The number of carboxylic acid groups (broad SMARTS) is 1. The van der Waals surface area contributed by atoms with Crippen molar-refractivity contribution in [3.8, 4) is 5.75 Å². The van der Waals surface area contributed by atoms with Crippen LogP contribution in [0.2, 0.25) is 0 Å². The van der Waals surface area contributed by atoms with Crippen LogP contribution in [0.3, 0.4) is 0 Å². The average molecular weight is 301 g/mol. The Labute approximate surface area is 127 Å². The number of aromatic carboxylic acids is 1. The number of thioether (sulfide) groups is 1. The first-order valence-electron chi connectivity index (χ1n) is 6.79. The maximum atomic E-state index is 10.9. The normalized spacial score (nSPS) is 12.8. The molecule has 0 fully saturated rings. The molecule has 2 aromatic rings. The zero-order chi connectivity index (χ0) is 14.7. The Morgan fingerprint density at radius 1 is 1.33 bits per heavy atom. The summed E-state index contributed by atoms with van der Waals surface area (Å²) in [6, 6.07) is 9.80. The molecule has 21 heavy (non-hydrogen) atoms. The first-order valence-corrected chi connectivity index (χ1v) is 7.78. The number of aromatic nitrogens is 1. The molecule has 4 nitrogen and oxygen atoms in total. The molecule has 1 aromatic carbocycles. The summed E-state index contributed by atoms with van der Waals surface area (Å²) in [5, 5.41) is 8.92. The highest BCUT2D eigenvalue weighted by Crippen LogP contribution is 2.27. The number of nitrogens with zero attached hydrogens (tertiary/aromatic N) is 1. The summed E-state index contributed by atoms with van der Waals surface area (Å²) in [5.41, 5.74) is 2.67. The zero-order valence-electron chi connectivity index (χ0n) is 11.4. The fourth-order valence-corrected chi connectivity index (χ4v) is 3.23. The molecule has 0 bridgehead atoms. The van der Waals surface area contributed by atoms with Crippen LogP contribution in [0.1, 0.15) is 21.6 Å². The quantitative estimate of drug-likeness (QED) is 0.860. The molecule has 1 aromatic heterocycles. The number of carbonyl (C=O) groups is 1. The van der Waals surface area contributed by atoms with Crippen molar-refractivity contribution in [3.05, 3.63) is 53.3 Å². The largest absolute Gasteiger partial charge is 0.493 e. The summed E-state index contributed by atoms with van der Waals surface area (Å²) in [7, 11) is 0. The number of benzene rings is 1. The minimum Gasteiger partial charge on any atom is -0.493 e. The molecule has 3 rings (SSSR count). The van der Waals surface area contributed by atoms with E-state index >= 15 is 0 Å². The molecule has 0 unspecified atom stereocenters. The van der Waals surface area contributed by atoms with Crippen LogP contribution in [-0.4, -0.2) is 28.4 Å². The van der Waals surface area contributed by atoms with Crippen molar-refractivity contribution < 1.29 is 14.6 Å². The molecular formula is C16H15NO3S. The highest BCUT2D eigenvalue weighted by molar-refractivity contribution is 7.99. The number of carboxylic acids is 1. The van der Waals surface area contributed by atoms with Crippen LogP contribution >= 0.6 is 11.8 Å². The van der Waals surface area contributed by atoms with Crippen LogP contribution in [0, 0.1) is 0 Å². The monoisotopic (exact) mass is 301 g/mol. The van der Waals surface area contributed by atoms with Crippen LogP contribution < -0.4 is 4.74 Å². The number of ether oxygens (including phenoxy) is 1. The third-order valence-electron chi connectivity index (χ3n) is 3.36. The smallest absolute Gasteiger partial charge is 0.354 e. The Balaban J connectivity index is 1.59. The topological polar surface area (TPSA) is 59.4 Å². The summed E-state index contributed by atoms with van der Waals surface area (Å²) in [4.78, 5) is 15.6. The van der Waals surface area contributed by atoms with Crippen LogP contribution in [-0.2, 0) is 12.8 Å². The van der Waals surface area contributed by atoms with Crippen molar-refractivity contribution in [2.75, 3.05) is 12.4 Å². The Bertz CT molecular complexity index is 672. The summed E-state index contributed by atoms with van der Waals surface area (Å²) in [5.74, 6) is 0.922. The van der Waals surface area contributed by atoms with Gasteiger partial charge in [0.05, 0.1) is 6.61 Å². The molecule has 1 N–H and O–H groups in total. The molecule has 108 valence electrons. The molecular weight excluding hydrogens is 286 g/mol. The van der Waals surface area contributed by atoms with Gasteiger partial charge in [0.15, 0.2) is 0 Å². The van der Waals surface area contributed by atoms with E-state index in [0.29, 0.717) is 0 Å². The van der Waals surface area contributed by atoms with E-state index in [9.17, 15) is 4.79 Å². The second-order valence-electron chi connectivity index (χ2n) is 4.82. The van der Waals surface area contributed by atoms with Gasteiger partial charge in [-0.25, -0.2) is 9.78 Å². The summed E-state index contributed by atoms with van der Waals surface area (Å²) in [6.45, 7) is 0.780. The van der Waals surface area contributed by atoms with Gasteiger partial charge in [-0.2, -0.15) is 0 Å². The van der Waals surface area contributed by atoms with E-state index in [-0.39, 0.29) is 5.69 Å². The fourth-order valence-electron chi connectivity index (χ4n) is 2.30. The van der Waals surface area contributed by atoms with E-state index in [1.54, 1.807) is 24.0 Å². The van der Waals surface area contributed by atoms with Gasteiger partial charge in [0.1, 0.15) is 11.4 Å². The van der Waals surface area contributed by atoms with Gasteiger partial charge in [0, 0.05) is 23.3 Å². The lowest BCUT2D eigenvalue weighted by atomic mass is 10.1. The number of rotatable bonds is 5. The van der Waals surface area contributed by atoms with E-state index < -0.39 is 5.97 Å². The van der Waals surface area contributed by atoms with E-state index in [0.717, 1.165) is 35.8 Å². The lowest BCUT2D eigenvalue weighted by Crippen LogP contribution is -1.99. The number of aryl methyl sites for hydroxylation is 1. The minimum atomic E-state index is -0.990. The van der Waals surface area contributed by atoms with Gasteiger partial charge in [0.25, 0.3) is 0 Å². The molecule has 0 saturated carbocycles. The van der Waals surface area contributed by atoms with Crippen molar-refractivity contribution in [1.29, 1.82) is 0 Å². The molecule has 0 radical (unpaired) electrons. The molecule has 1 aliphatic heterocycles. The molecule has 0 aliphatic carbocycles. The molecule has 1 aliphatic rings.